The minimum absolute atomic E-state index is 0.0148. The van der Waals surface area contributed by atoms with Crippen LogP contribution in [0.2, 0.25) is 0 Å². The van der Waals surface area contributed by atoms with Crippen molar-refractivity contribution in [2.75, 3.05) is 26.9 Å². The highest BCUT2D eigenvalue weighted by Crippen LogP contribution is 2.14. The Kier molecular flexibility index (Phi) is 7.33. The number of rotatable bonds is 8. The summed E-state index contributed by atoms with van der Waals surface area (Å²) in [7, 11) is 1.53. The number of ketones is 1. The lowest BCUT2D eigenvalue weighted by molar-refractivity contribution is -0.174. The Balaban J connectivity index is 3.57. The molecule has 6 heteroatoms. The van der Waals surface area contributed by atoms with E-state index in [4.69, 9.17) is 4.74 Å². The van der Waals surface area contributed by atoms with E-state index in [1.807, 2.05) is 0 Å². The van der Waals surface area contributed by atoms with Gasteiger partial charge in [-0.2, -0.15) is 13.2 Å². The molecule has 0 amide bonds. The highest BCUT2D eigenvalue weighted by molar-refractivity contribution is 5.80. The maximum Gasteiger partial charge on any atom is 0.411 e. The third-order valence-electron chi connectivity index (χ3n) is 2.06. The van der Waals surface area contributed by atoms with Crippen molar-refractivity contribution in [3.05, 3.63) is 0 Å². The lowest BCUT2D eigenvalue weighted by atomic mass is 10.0. The van der Waals surface area contributed by atoms with Crippen molar-refractivity contribution in [2.24, 2.45) is 5.92 Å². The zero-order valence-electron chi connectivity index (χ0n) is 9.47. The molecule has 0 aliphatic heterocycles. The normalized spacial score (nSPS) is 13.8. The third-order valence-corrected chi connectivity index (χ3v) is 2.06. The molecule has 16 heavy (non-hydrogen) atoms. The van der Waals surface area contributed by atoms with E-state index in [1.54, 1.807) is 6.92 Å². The molecule has 0 aromatic rings. The molecule has 0 saturated carbocycles. The Morgan fingerprint density at radius 2 is 1.94 bits per heavy atom. The van der Waals surface area contributed by atoms with Gasteiger partial charge in [0.25, 0.3) is 0 Å². The first-order valence-corrected chi connectivity index (χ1v) is 5.03. The first-order valence-electron chi connectivity index (χ1n) is 5.03. The Labute approximate surface area is 92.9 Å². The molecular weight excluding hydrogens is 225 g/mol. The van der Waals surface area contributed by atoms with Crippen LogP contribution in [0.1, 0.15) is 19.8 Å². The molecule has 1 unspecified atom stereocenters. The van der Waals surface area contributed by atoms with Gasteiger partial charge in [-0.3, -0.25) is 4.79 Å². The van der Waals surface area contributed by atoms with Crippen LogP contribution in [0.15, 0.2) is 0 Å². The minimum Gasteiger partial charge on any atom is -0.385 e. The van der Waals surface area contributed by atoms with Crippen molar-refractivity contribution in [3.63, 3.8) is 0 Å². The summed E-state index contributed by atoms with van der Waals surface area (Å²) in [5.74, 6) is -0.298. The topological polar surface area (TPSA) is 35.5 Å². The summed E-state index contributed by atoms with van der Waals surface area (Å²) in [5, 5.41) is 0. The largest absolute Gasteiger partial charge is 0.411 e. The molecule has 0 bridgehead atoms. The van der Waals surface area contributed by atoms with Crippen LogP contribution < -0.4 is 0 Å². The molecule has 0 radical (unpaired) electrons. The van der Waals surface area contributed by atoms with Crippen LogP contribution in [0.3, 0.4) is 0 Å². The molecule has 0 N–H and O–H groups in total. The maximum absolute atomic E-state index is 11.7. The van der Waals surface area contributed by atoms with Gasteiger partial charge < -0.3 is 9.47 Å². The molecule has 0 saturated heterocycles. The summed E-state index contributed by atoms with van der Waals surface area (Å²) in [5.41, 5.74) is 0. The van der Waals surface area contributed by atoms with Gasteiger partial charge in [-0.1, -0.05) is 6.92 Å². The lowest BCUT2D eigenvalue weighted by Crippen LogP contribution is -2.20. The second kappa shape index (κ2) is 7.62. The number of carbonyl (C=O) groups excluding carboxylic acids is 1. The second-order valence-corrected chi connectivity index (χ2v) is 3.57. The van der Waals surface area contributed by atoms with Crippen LogP contribution in [0.25, 0.3) is 0 Å². The molecule has 0 heterocycles. The molecule has 0 spiro atoms. The fourth-order valence-corrected chi connectivity index (χ4v) is 1.06. The molecule has 96 valence electrons. The number of ether oxygens (including phenoxy) is 2. The van der Waals surface area contributed by atoms with E-state index in [9.17, 15) is 18.0 Å². The zero-order chi connectivity index (χ0) is 12.6. The SMILES string of the molecule is COCCC(C)C(=O)CCOCC(F)(F)F. The summed E-state index contributed by atoms with van der Waals surface area (Å²) in [4.78, 5) is 11.4. The number of Topliss-reactive ketones (excluding diaryl/α,β-unsaturated/α-hetero) is 1. The molecule has 0 aromatic carbocycles. The number of carbonyl (C=O) groups is 1. The molecule has 0 fully saturated rings. The van der Waals surface area contributed by atoms with Gasteiger partial charge in [-0.25, -0.2) is 0 Å². The summed E-state index contributed by atoms with van der Waals surface area (Å²) in [6, 6.07) is 0. The Bertz CT molecular complexity index is 204. The lowest BCUT2D eigenvalue weighted by Gasteiger charge is -2.10. The molecule has 0 aliphatic rings. The van der Waals surface area contributed by atoms with E-state index in [0.717, 1.165) is 0 Å². The van der Waals surface area contributed by atoms with Gasteiger partial charge in [0.15, 0.2) is 0 Å². The monoisotopic (exact) mass is 242 g/mol. The average molecular weight is 242 g/mol. The van der Waals surface area contributed by atoms with Crippen LogP contribution in [-0.2, 0) is 14.3 Å². The van der Waals surface area contributed by atoms with Crippen molar-refractivity contribution in [1.29, 1.82) is 0 Å². The molecular formula is C10H17F3O3. The fraction of sp³-hybridized carbons (Fsp3) is 0.900. The first kappa shape index (κ1) is 15.4. The molecule has 1 atom stereocenters. The first-order chi connectivity index (χ1) is 7.37. The van der Waals surface area contributed by atoms with Gasteiger partial charge in [0.2, 0.25) is 0 Å². The van der Waals surface area contributed by atoms with Crippen molar-refractivity contribution >= 4 is 5.78 Å². The van der Waals surface area contributed by atoms with Crippen LogP contribution in [-0.4, -0.2) is 38.9 Å². The van der Waals surface area contributed by atoms with Crippen molar-refractivity contribution in [3.8, 4) is 0 Å². The fourth-order valence-electron chi connectivity index (χ4n) is 1.06. The van der Waals surface area contributed by atoms with E-state index in [2.05, 4.69) is 4.74 Å². The van der Waals surface area contributed by atoms with Crippen LogP contribution in [0, 0.1) is 5.92 Å². The quantitative estimate of drug-likeness (QED) is 0.612. The van der Waals surface area contributed by atoms with E-state index >= 15 is 0 Å². The van der Waals surface area contributed by atoms with Gasteiger partial charge in [0.05, 0.1) is 6.61 Å². The smallest absolute Gasteiger partial charge is 0.385 e. The van der Waals surface area contributed by atoms with Crippen LogP contribution >= 0.6 is 0 Å². The van der Waals surface area contributed by atoms with E-state index < -0.39 is 12.8 Å². The van der Waals surface area contributed by atoms with Gasteiger partial charge in [0.1, 0.15) is 12.4 Å². The second-order valence-electron chi connectivity index (χ2n) is 3.57. The van der Waals surface area contributed by atoms with Crippen LogP contribution in [0.5, 0.6) is 0 Å². The standard InChI is InChI=1S/C10H17F3O3/c1-8(3-5-15-2)9(14)4-6-16-7-10(11,12)13/h8H,3-7H2,1-2H3. The minimum atomic E-state index is -4.33. The van der Waals surface area contributed by atoms with Crippen LogP contribution in [0.4, 0.5) is 13.2 Å². The summed E-state index contributed by atoms with van der Waals surface area (Å²) < 4.78 is 44.2. The summed E-state index contributed by atoms with van der Waals surface area (Å²) in [6.07, 6.45) is -3.74. The molecule has 0 aliphatic carbocycles. The number of methoxy groups -OCH3 is 1. The van der Waals surface area contributed by atoms with Crippen molar-refractivity contribution in [1.82, 2.24) is 0 Å². The molecule has 3 nitrogen and oxygen atoms in total. The Morgan fingerprint density at radius 3 is 2.44 bits per heavy atom. The summed E-state index contributed by atoms with van der Waals surface area (Å²) >= 11 is 0. The Morgan fingerprint density at radius 1 is 1.31 bits per heavy atom. The summed E-state index contributed by atoms with van der Waals surface area (Å²) in [6.45, 7) is 0.712. The number of alkyl halides is 3. The van der Waals surface area contributed by atoms with E-state index in [0.29, 0.717) is 13.0 Å². The highest BCUT2D eigenvalue weighted by Gasteiger charge is 2.27. The van der Waals surface area contributed by atoms with Gasteiger partial charge >= 0.3 is 6.18 Å². The van der Waals surface area contributed by atoms with Gasteiger partial charge in [-0.05, 0) is 6.42 Å². The highest BCUT2D eigenvalue weighted by atomic mass is 19.4. The predicted octanol–water partition coefficient (Wildman–Crippen LogP) is 2.20. The predicted molar refractivity (Wildman–Crippen MR) is 52.2 cm³/mol. The number of halogens is 3. The third kappa shape index (κ3) is 8.67. The number of hydrogen-bond donors (Lipinski definition) is 0. The average Bonchev–Trinajstić information content (AvgIpc) is 2.19. The van der Waals surface area contributed by atoms with Gasteiger partial charge in [0, 0.05) is 26.1 Å². The Hall–Kier alpha value is -0.620. The van der Waals surface area contributed by atoms with E-state index in [1.165, 1.54) is 7.11 Å². The molecule has 0 rings (SSSR count). The van der Waals surface area contributed by atoms with Crippen molar-refractivity contribution < 1.29 is 27.4 Å². The maximum atomic E-state index is 11.7. The molecule has 0 aromatic heterocycles. The van der Waals surface area contributed by atoms with Crippen molar-refractivity contribution in [2.45, 2.75) is 25.9 Å². The zero-order valence-corrected chi connectivity index (χ0v) is 9.47. The van der Waals surface area contributed by atoms with Gasteiger partial charge in [-0.15, -0.1) is 0 Å². The van der Waals surface area contributed by atoms with E-state index in [-0.39, 0.29) is 24.7 Å². The number of hydrogen-bond acceptors (Lipinski definition) is 3.